The van der Waals surface area contributed by atoms with Crippen LogP contribution in [0.5, 0.6) is 0 Å². The first-order valence-corrected chi connectivity index (χ1v) is 7.11. The molecular formula is C11H10BrIN4O. The third-order valence-corrected chi connectivity index (χ3v) is 4.57. The lowest BCUT2D eigenvalue weighted by Gasteiger charge is -2.06. The molecule has 0 aliphatic heterocycles. The minimum absolute atomic E-state index is 0.0383. The summed E-state index contributed by atoms with van der Waals surface area (Å²) in [7, 11) is 0. The summed E-state index contributed by atoms with van der Waals surface area (Å²) in [5, 5.41) is 10.3. The number of aromatic nitrogens is 3. The molecule has 0 fully saturated rings. The lowest BCUT2D eigenvalue weighted by molar-refractivity contribution is -0.116. The number of halogens is 2. The molecule has 94 valence electrons. The third kappa shape index (κ3) is 3.77. The molecule has 18 heavy (non-hydrogen) atoms. The van der Waals surface area contributed by atoms with Gasteiger partial charge in [-0.05, 0) is 56.7 Å². The van der Waals surface area contributed by atoms with Crippen molar-refractivity contribution in [1.29, 1.82) is 0 Å². The molecule has 1 aromatic carbocycles. The Morgan fingerprint density at radius 2 is 2.33 bits per heavy atom. The Balaban J connectivity index is 1.88. The second-order valence-electron chi connectivity index (χ2n) is 3.59. The van der Waals surface area contributed by atoms with E-state index in [1.165, 1.54) is 0 Å². The maximum Gasteiger partial charge on any atom is 0.226 e. The van der Waals surface area contributed by atoms with Crippen LogP contribution in [0.25, 0.3) is 0 Å². The van der Waals surface area contributed by atoms with Crippen molar-refractivity contribution in [3.8, 4) is 0 Å². The van der Waals surface area contributed by atoms with Crippen LogP contribution in [0.3, 0.4) is 0 Å². The zero-order valence-corrected chi connectivity index (χ0v) is 13.1. The number of hydrogen-bond donors (Lipinski definition) is 1. The fourth-order valence-electron chi connectivity index (χ4n) is 1.37. The lowest BCUT2D eigenvalue weighted by atomic mass is 10.3. The molecule has 5 nitrogen and oxygen atoms in total. The molecule has 0 atom stereocenters. The van der Waals surface area contributed by atoms with Gasteiger partial charge in [0.05, 0.1) is 12.7 Å². The van der Waals surface area contributed by atoms with Crippen molar-refractivity contribution in [2.24, 2.45) is 0 Å². The van der Waals surface area contributed by atoms with E-state index in [4.69, 9.17) is 0 Å². The summed E-state index contributed by atoms with van der Waals surface area (Å²) in [4.78, 5) is 11.7. The minimum Gasteiger partial charge on any atom is -0.326 e. The SMILES string of the molecule is O=C(CCn1ccnn1)Nc1ccc(Br)c(I)c1. The highest BCUT2D eigenvalue weighted by molar-refractivity contribution is 14.1. The number of anilines is 1. The van der Waals surface area contributed by atoms with Crippen molar-refractivity contribution < 1.29 is 4.79 Å². The summed E-state index contributed by atoms with van der Waals surface area (Å²) < 4.78 is 3.70. The van der Waals surface area contributed by atoms with E-state index in [1.807, 2.05) is 18.2 Å². The van der Waals surface area contributed by atoms with Gasteiger partial charge < -0.3 is 5.32 Å². The van der Waals surface area contributed by atoms with Crippen molar-refractivity contribution in [2.45, 2.75) is 13.0 Å². The van der Waals surface area contributed by atoms with Crippen LogP contribution >= 0.6 is 38.5 Å². The average Bonchev–Trinajstić information content (AvgIpc) is 2.84. The van der Waals surface area contributed by atoms with Gasteiger partial charge >= 0.3 is 0 Å². The Kier molecular flexibility index (Phi) is 4.70. The molecule has 1 N–H and O–H groups in total. The number of aryl methyl sites for hydroxylation is 1. The summed E-state index contributed by atoms with van der Waals surface area (Å²) in [5.74, 6) is -0.0383. The molecule has 1 aromatic heterocycles. The highest BCUT2D eigenvalue weighted by Gasteiger charge is 2.04. The molecule has 7 heteroatoms. The molecular weight excluding hydrogens is 411 g/mol. The van der Waals surface area contributed by atoms with Gasteiger partial charge in [0.15, 0.2) is 0 Å². The molecule has 2 rings (SSSR count). The maximum atomic E-state index is 11.7. The summed E-state index contributed by atoms with van der Waals surface area (Å²) in [6.45, 7) is 0.527. The molecule has 0 radical (unpaired) electrons. The summed E-state index contributed by atoms with van der Waals surface area (Å²) in [6, 6.07) is 5.69. The Morgan fingerprint density at radius 1 is 1.50 bits per heavy atom. The largest absolute Gasteiger partial charge is 0.326 e. The van der Waals surface area contributed by atoms with Gasteiger partial charge in [0.1, 0.15) is 0 Å². The average molecular weight is 421 g/mol. The molecule has 1 heterocycles. The summed E-state index contributed by atoms with van der Waals surface area (Å²) >= 11 is 5.62. The first-order chi connectivity index (χ1) is 8.65. The molecule has 1 amide bonds. The smallest absolute Gasteiger partial charge is 0.226 e. The Morgan fingerprint density at radius 3 is 3.00 bits per heavy atom. The van der Waals surface area contributed by atoms with Gasteiger partial charge in [-0.2, -0.15) is 0 Å². The predicted molar refractivity (Wildman–Crippen MR) is 80.1 cm³/mol. The van der Waals surface area contributed by atoms with E-state index in [1.54, 1.807) is 17.1 Å². The van der Waals surface area contributed by atoms with Gasteiger partial charge in [-0.3, -0.25) is 9.48 Å². The van der Waals surface area contributed by atoms with Crippen molar-refractivity contribution >= 4 is 50.1 Å². The van der Waals surface area contributed by atoms with Crippen LogP contribution in [0.4, 0.5) is 5.69 Å². The van der Waals surface area contributed by atoms with Gasteiger partial charge in [0, 0.05) is 26.3 Å². The fourth-order valence-corrected chi connectivity index (χ4v) is 2.13. The zero-order chi connectivity index (χ0) is 13.0. The Hall–Kier alpha value is -0.960. The predicted octanol–water partition coefficient (Wildman–Crippen LogP) is 2.67. The first-order valence-electron chi connectivity index (χ1n) is 5.24. The van der Waals surface area contributed by atoms with Crippen molar-refractivity contribution in [2.75, 3.05) is 5.32 Å². The number of carbonyl (C=O) groups excluding carboxylic acids is 1. The number of amides is 1. The van der Waals surface area contributed by atoms with Crippen LogP contribution < -0.4 is 5.32 Å². The van der Waals surface area contributed by atoms with E-state index < -0.39 is 0 Å². The van der Waals surface area contributed by atoms with Crippen LogP contribution in [0.15, 0.2) is 35.1 Å². The van der Waals surface area contributed by atoms with E-state index in [-0.39, 0.29) is 5.91 Å². The van der Waals surface area contributed by atoms with Crippen LogP contribution in [0, 0.1) is 3.57 Å². The van der Waals surface area contributed by atoms with Gasteiger partial charge in [0.25, 0.3) is 0 Å². The van der Waals surface area contributed by atoms with E-state index in [0.29, 0.717) is 13.0 Å². The molecule has 0 spiro atoms. The zero-order valence-electron chi connectivity index (χ0n) is 9.31. The topological polar surface area (TPSA) is 59.8 Å². The number of carbonyl (C=O) groups is 1. The van der Waals surface area contributed by atoms with E-state index >= 15 is 0 Å². The van der Waals surface area contributed by atoms with Crippen molar-refractivity contribution in [3.05, 3.63) is 38.6 Å². The van der Waals surface area contributed by atoms with Crippen LogP contribution in [-0.4, -0.2) is 20.9 Å². The first kappa shape index (κ1) is 13.5. The molecule has 0 bridgehead atoms. The van der Waals surface area contributed by atoms with Gasteiger partial charge in [-0.25, -0.2) is 0 Å². The molecule has 0 aliphatic carbocycles. The summed E-state index contributed by atoms with van der Waals surface area (Å²) in [6.07, 6.45) is 3.70. The van der Waals surface area contributed by atoms with Crippen molar-refractivity contribution in [1.82, 2.24) is 15.0 Å². The summed E-state index contributed by atoms with van der Waals surface area (Å²) in [5.41, 5.74) is 0.797. The molecule has 0 unspecified atom stereocenters. The number of nitrogens with zero attached hydrogens (tertiary/aromatic N) is 3. The normalized spacial score (nSPS) is 10.3. The minimum atomic E-state index is -0.0383. The monoisotopic (exact) mass is 420 g/mol. The quantitative estimate of drug-likeness (QED) is 0.773. The fraction of sp³-hybridized carbons (Fsp3) is 0.182. The van der Waals surface area contributed by atoms with Crippen molar-refractivity contribution in [3.63, 3.8) is 0 Å². The standard InChI is InChI=1S/C11H10BrIN4O/c12-9-2-1-8(7-10(9)13)15-11(18)3-5-17-6-4-14-16-17/h1-2,4,6-7H,3,5H2,(H,15,18). The number of rotatable bonds is 4. The van der Waals surface area contributed by atoms with Gasteiger partial charge in [-0.15, -0.1) is 5.10 Å². The lowest BCUT2D eigenvalue weighted by Crippen LogP contribution is -2.14. The van der Waals surface area contributed by atoms with Gasteiger partial charge in [0.2, 0.25) is 5.91 Å². The Bertz CT molecular complexity index is 544. The van der Waals surface area contributed by atoms with Crippen LogP contribution in [0.2, 0.25) is 0 Å². The van der Waals surface area contributed by atoms with Gasteiger partial charge in [-0.1, -0.05) is 5.21 Å². The van der Waals surface area contributed by atoms with E-state index in [2.05, 4.69) is 54.1 Å². The highest BCUT2D eigenvalue weighted by Crippen LogP contribution is 2.22. The van der Waals surface area contributed by atoms with Crippen LogP contribution in [0.1, 0.15) is 6.42 Å². The molecule has 0 aliphatic rings. The second-order valence-corrected chi connectivity index (χ2v) is 5.61. The Labute approximate surface area is 126 Å². The van der Waals surface area contributed by atoms with Crippen LogP contribution in [-0.2, 0) is 11.3 Å². The third-order valence-electron chi connectivity index (χ3n) is 2.24. The number of benzene rings is 1. The number of hydrogen-bond acceptors (Lipinski definition) is 3. The molecule has 2 aromatic rings. The molecule has 0 saturated heterocycles. The van der Waals surface area contributed by atoms with E-state index in [0.717, 1.165) is 13.7 Å². The maximum absolute atomic E-state index is 11.7. The molecule has 0 saturated carbocycles. The highest BCUT2D eigenvalue weighted by atomic mass is 127. The second kappa shape index (κ2) is 6.28. The van der Waals surface area contributed by atoms with E-state index in [9.17, 15) is 4.79 Å². The number of nitrogens with one attached hydrogen (secondary N) is 1.